The molecule has 1 heterocycles. The van der Waals surface area contributed by atoms with Crippen molar-refractivity contribution < 1.29 is 8.42 Å². The van der Waals surface area contributed by atoms with Crippen LogP contribution in [0.15, 0.2) is 0 Å². The van der Waals surface area contributed by atoms with Gasteiger partial charge in [-0.2, -0.15) is 0 Å². The zero-order valence-corrected chi connectivity index (χ0v) is 9.88. The van der Waals surface area contributed by atoms with E-state index in [0.29, 0.717) is 37.2 Å². The maximum absolute atomic E-state index is 12.0. The summed E-state index contributed by atoms with van der Waals surface area (Å²) in [5.74, 6) is 1.17. The third-order valence-electron chi connectivity index (χ3n) is 3.35. The Morgan fingerprint density at radius 3 is 2.53 bits per heavy atom. The van der Waals surface area contributed by atoms with Gasteiger partial charge in [-0.05, 0) is 44.1 Å². The molecule has 2 aliphatic rings. The normalized spacial score (nSPS) is 29.3. The molecule has 1 aliphatic carbocycles. The van der Waals surface area contributed by atoms with Gasteiger partial charge in [-0.3, -0.25) is 0 Å². The number of nitrogens with two attached hydrogens (primary N) is 1. The van der Waals surface area contributed by atoms with Gasteiger partial charge in [0.25, 0.3) is 0 Å². The van der Waals surface area contributed by atoms with Crippen LogP contribution in [0.4, 0.5) is 0 Å². The van der Waals surface area contributed by atoms with Gasteiger partial charge in [-0.1, -0.05) is 0 Å². The second-order valence-corrected chi connectivity index (χ2v) is 6.84. The fraction of sp³-hybridized carbons (Fsp3) is 1.00. The van der Waals surface area contributed by atoms with Crippen molar-refractivity contribution in [1.29, 1.82) is 0 Å². The zero-order valence-electron chi connectivity index (χ0n) is 9.06. The van der Waals surface area contributed by atoms with Crippen LogP contribution in [-0.4, -0.2) is 38.1 Å². The lowest BCUT2D eigenvalue weighted by molar-refractivity contribution is 0.271. The molecular weight excluding hydrogens is 212 g/mol. The molecule has 4 nitrogen and oxygen atoms in total. The molecule has 0 spiro atoms. The van der Waals surface area contributed by atoms with Gasteiger partial charge in [0, 0.05) is 13.1 Å². The Morgan fingerprint density at radius 1 is 1.20 bits per heavy atom. The minimum atomic E-state index is -2.99. The van der Waals surface area contributed by atoms with E-state index in [1.807, 2.05) is 0 Å². The smallest absolute Gasteiger partial charge is 0.214 e. The van der Waals surface area contributed by atoms with E-state index in [-0.39, 0.29) is 0 Å². The van der Waals surface area contributed by atoms with Gasteiger partial charge in [0.1, 0.15) is 0 Å². The van der Waals surface area contributed by atoms with Crippen LogP contribution in [0, 0.1) is 11.8 Å². The van der Waals surface area contributed by atoms with E-state index in [1.165, 1.54) is 0 Å². The van der Waals surface area contributed by atoms with Crippen LogP contribution in [0.1, 0.15) is 25.7 Å². The van der Waals surface area contributed by atoms with Crippen molar-refractivity contribution in [3.8, 4) is 0 Å². The van der Waals surface area contributed by atoms with Crippen molar-refractivity contribution in [2.45, 2.75) is 25.7 Å². The van der Waals surface area contributed by atoms with Crippen molar-refractivity contribution in [2.75, 3.05) is 25.4 Å². The number of nitrogens with zero attached hydrogens (tertiary/aromatic N) is 1. The molecule has 0 radical (unpaired) electrons. The minimum absolute atomic E-state index is 0.365. The largest absolute Gasteiger partial charge is 0.330 e. The molecule has 1 saturated carbocycles. The van der Waals surface area contributed by atoms with Crippen molar-refractivity contribution in [1.82, 2.24) is 4.31 Å². The molecule has 1 atom stereocenters. The summed E-state index contributed by atoms with van der Waals surface area (Å²) >= 11 is 0. The molecule has 1 aliphatic heterocycles. The van der Waals surface area contributed by atoms with E-state index in [9.17, 15) is 8.42 Å². The monoisotopic (exact) mass is 232 g/mol. The first-order valence-corrected chi connectivity index (χ1v) is 7.40. The quantitative estimate of drug-likeness (QED) is 0.763. The summed E-state index contributed by atoms with van der Waals surface area (Å²) in [6.07, 6.45) is 4.22. The summed E-state index contributed by atoms with van der Waals surface area (Å²) < 4.78 is 25.6. The predicted octanol–water partition coefficient (Wildman–Crippen LogP) is 0.397. The molecule has 2 fully saturated rings. The first-order chi connectivity index (χ1) is 7.12. The highest BCUT2D eigenvalue weighted by Crippen LogP contribution is 2.32. The van der Waals surface area contributed by atoms with E-state index < -0.39 is 10.0 Å². The van der Waals surface area contributed by atoms with Gasteiger partial charge >= 0.3 is 0 Å². The number of hydrogen-bond acceptors (Lipinski definition) is 3. The van der Waals surface area contributed by atoms with Crippen molar-refractivity contribution >= 4 is 10.0 Å². The third kappa shape index (κ3) is 2.92. The molecule has 0 aromatic carbocycles. The van der Waals surface area contributed by atoms with Gasteiger partial charge in [0.2, 0.25) is 10.0 Å². The van der Waals surface area contributed by atoms with Crippen LogP contribution in [0.25, 0.3) is 0 Å². The predicted molar refractivity (Wildman–Crippen MR) is 59.9 cm³/mol. The van der Waals surface area contributed by atoms with Gasteiger partial charge in [0.05, 0.1) is 5.75 Å². The van der Waals surface area contributed by atoms with Crippen LogP contribution < -0.4 is 5.73 Å². The third-order valence-corrected chi connectivity index (χ3v) is 5.36. The molecule has 2 N–H and O–H groups in total. The topological polar surface area (TPSA) is 63.4 Å². The fourth-order valence-electron chi connectivity index (χ4n) is 2.16. The summed E-state index contributed by atoms with van der Waals surface area (Å²) in [6, 6.07) is 0. The van der Waals surface area contributed by atoms with E-state index >= 15 is 0 Å². The summed E-state index contributed by atoms with van der Waals surface area (Å²) in [5.41, 5.74) is 5.60. The Balaban J connectivity index is 1.95. The van der Waals surface area contributed by atoms with Crippen molar-refractivity contribution in [3.05, 3.63) is 0 Å². The van der Waals surface area contributed by atoms with Crippen molar-refractivity contribution in [3.63, 3.8) is 0 Å². The van der Waals surface area contributed by atoms with Crippen molar-refractivity contribution in [2.24, 2.45) is 17.6 Å². The lowest BCUT2D eigenvalue weighted by Gasteiger charge is -2.31. The SMILES string of the molecule is NCC1CCCN(S(=O)(=O)CC2CC2)C1. The van der Waals surface area contributed by atoms with Gasteiger partial charge in [0.15, 0.2) is 0 Å². The van der Waals surface area contributed by atoms with Crippen LogP contribution in [0.2, 0.25) is 0 Å². The van der Waals surface area contributed by atoms with E-state index in [4.69, 9.17) is 5.73 Å². The maximum Gasteiger partial charge on any atom is 0.214 e. The Labute approximate surface area is 91.9 Å². The molecule has 88 valence electrons. The van der Waals surface area contributed by atoms with Crippen LogP contribution in [-0.2, 0) is 10.0 Å². The van der Waals surface area contributed by atoms with E-state index in [1.54, 1.807) is 4.31 Å². The van der Waals surface area contributed by atoms with E-state index in [0.717, 1.165) is 25.7 Å². The molecule has 1 unspecified atom stereocenters. The lowest BCUT2D eigenvalue weighted by Crippen LogP contribution is -2.43. The summed E-state index contributed by atoms with van der Waals surface area (Å²) in [5, 5.41) is 0. The van der Waals surface area contributed by atoms with Crippen LogP contribution in [0.5, 0.6) is 0 Å². The van der Waals surface area contributed by atoms with Crippen LogP contribution >= 0.6 is 0 Å². The first-order valence-electron chi connectivity index (χ1n) is 5.79. The lowest BCUT2D eigenvalue weighted by atomic mass is 10.0. The number of piperidine rings is 1. The molecule has 0 bridgehead atoms. The van der Waals surface area contributed by atoms with Crippen LogP contribution in [0.3, 0.4) is 0 Å². The molecule has 1 saturated heterocycles. The summed E-state index contributed by atoms with van der Waals surface area (Å²) in [4.78, 5) is 0. The molecule has 5 heteroatoms. The number of hydrogen-bond donors (Lipinski definition) is 1. The highest BCUT2D eigenvalue weighted by molar-refractivity contribution is 7.89. The van der Waals surface area contributed by atoms with Gasteiger partial charge in [-0.15, -0.1) is 0 Å². The highest BCUT2D eigenvalue weighted by atomic mass is 32.2. The van der Waals surface area contributed by atoms with Gasteiger partial charge in [-0.25, -0.2) is 12.7 Å². The zero-order chi connectivity index (χ0) is 10.9. The molecule has 0 amide bonds. The summed E-state index contributed by atoms with van der Waals surface area (Å²) in [7, 11) is -2.99. The average Bonchev–Trinajstić information content (AvgIpc) is 3.01. The molecular formula is C10H20N2O2S. The second kappa shape index (κ2) is 4.39. The van der Waals surface area contributed by atoms with Gasteiger partial charge < -0.3 is 5.73 Å². The Hall–Kier alpha value is -0.130. The standard InChI is InChI=1S/C10H20N2O2S/c11-6-10-2-1-5-12(7-10)15(13,14)8-9-3-4-9/h9-10H,1-8,11H2. The highest BCUT2D eigenvalue weighted by Gasteiger charge is 2.34. The Morgan fingerprint density at radius 2 is 1.93 bits per heavy atom. The summed E-state index contributed by atoms with van der Waals surface area (Å²) in [6.45, 7) is 1.95. The fourth-order valence-corrected chi connectivity index (χ4v) is 4.14. The minimum Gasteiger partial charge on any atom is -0.330 e. The molecule has 2 rings (SSSR count). The molecule has 15 heavy (non-hydrogen) atoms. The average molecular weight is 232 g/mol. The Bertz CT molecular complexity index is 311. The molecule has 0 aromatic rings. The Kier molecular flexibility index (Phi) is 3.33. The number of rotatable bonds is 4. The second-order valence-electron chi connectivity index (χ2n) is 4.82. The maximum atomic E-state index is 12.0. The van der Waals surface area contributed by atoms with E-state index in [2.05, 4.69) is 0 Å². The molecule has 0 aromatic heterocycles. The number of sulfonamides is 1. The first kappa shape index (κ1) is 11.4.